The van der Waals surface area contributed by atoms with Crippen molar-refractivity contribution in [1.82, 2.24) is 16.2 Å². The number of amides is 1. The van der Waals surface area contributed by atoms with Crippen LogP contribution in [0.5, 0.6) is 5.75 Å². The molecule has 0 saturated heterocycles. The molecule has 22 heavy (non-hydrogen) atoms. The second kappa shape index (κ2) is 9.50. The van der Waals surface area contributed by atoms with E-state index in [9.17, 15) is 4.79 Å². The van der Waals surface area contributed by atoms with Gasteiger partial charge in [-0.05, 0) is 43.6 Å². The Bertz CT molecular complexity index is 526. The predicted octanol–water partition coefficient (Wildman–Crippen LogP) is 1.56. The monoisotopic (exact) mass is 343 g/mol. The molecule has 1 aromatic carbocycles. The lowest BCUT2D eigenvalue weighted by Crippen LogP contribution is -2.50. The highest BCUT2D eigenvalue weighted by Gasteiger charge is 2.13. The number of hydrogen-bond acceptors (Lipinski definition) is 5. The summed E-state index contributed by atoms with van der Waals surface area (Å²) < 4.78 is 10.2. The van der Waals surface area contributed by atoms with Crippen LogP contribution in [0.2, 0.25) is 0 Å². The zero-order valence-corrected chi connectivity index (χ0v) is 14.7. The molecule has 0 aromatic heterocycles. The van der Waals surface area contributed by atoms with Gasteiger partial charge in [0.15, 0.2) is 5.11 Å². The van der Waals surface area contributed by atoms with Crippen LogP contribution in [0.1, 0.15) is 17.3 Å². The van der Waals surface area contributed by atoms with Crippen LogP contribution in [-0.2, 0) is 4.74 Å². The van der Waals surface area contributed by atoms with E-state index in [1.165, 1.54) is 7.11 Å². The molecule has 0 heterocycles. The van der Waals surface area contributed by atoms with Gasteiger partial charge in [-0.2, -0.15) is 0 Å². The average Bonchev–Trinajstić information content (AvgIpc) is 2.52. The van der Waals surface area contributed by atoms with Crippen molar-refractivity contribution in [2.24, 2.45) is 0 Å². The molecule has 1 rings (SSSR count). The Kier molecular flexibility index (Phi) is 8.00. The fourth-order valence-electron chi connectivity index (χ4n) is 1.72. The summed E-state index contributed by atoms with van der Waals surface area (Å²) in [6, 6.07) is 5.43. The van der Waals surface area contributed by atoms with E-state index < -0.39 is 0 Å². The minimum absolute atomic E-state index is 0.0392. The van der Waals surface area contributed by atoms with E-state index in [1.54, 1.807) is 24.9 Å². The third kappa shape index (κ3) is 5.70. The number of hydrogen-bond donors (Lipinski definition) is 3. The van der Waals surface area contributed by atoms with Gasteiger partial charge in [0.05, 0.1) is 19.3 Å². The largest absolute Gasteiger partial charge is 0.496 e. The number of carbonyl (C=O) groups is 1. The Morgan fingerprint density at radius 3 is 2.68 bits per heavy atom. The van der Waals surface area contributed by atoms with Gasteiger partial charge < -0.3 is 14.8 Å². The number of methoxy groups -OCH3 is 2. The van der Waals surface area contributed by atoms with Gasteiger partial charge >= 0.3 is 0 Å². The van der Waals surface area contributed by atoms with E-state index in [-0.39, 0.29) is 11.9 Å². The highest BCUT2D eigenvalue weighted by atomic mass is 32.2. The first-order chi connectivity index (χ1) is 10.5. The Morgan fingerprint density at radius 1 is 1.36 bits per heavy atom. The molecule has 1 aromatic rings. The standard InChI is InChI=1S/C14H21N3O3S2/c1-9(8-19-2)15-14(21)17-16-13(18)11-6-5-10(22-4)7-12(11)20-3/h5-7,9H,8H2,1-4H3,(H,16,18)(H2,15,17,21)/t9-/m0/s1. The molecular weight excluding hydrogens is 322 g/mol. The number of thioether (sulfide) groups is 1. The molecule has 0 radical (unpaired) electrons. The number of ether oxygens (including phenoxy) is 2. The smallest absolute Gasteiger partial charge is 0.273 e. The molecule has 0 aliphatic rings. The normalized spacial score (nSPS) is 11.5. The van der Waals surface area contributed by atoms with Crippen molar-refractivity contribution >= 4 is 35.0 Å². The van der Waals surface area contributed by atoms with Gasteiger partial charge in [0.1, 0.15) is 5.75 Å². The van der Waals surface area contributed by atoms with E-state index in [0.717, 1.165) is 4.90 Å². The Labute approximate surface area is 140 Å². The van der Waals surface area contributed by atoms with Crippen molar-refractivity contribution in [1.29, 1.82) is 0 Å². The number of nitrogens with one attached hydrogen (secondary N) is 3. The molecule has 0 saturated carbocycles. The molecule has 1 atom stereocenters. The van der Waals surface area contributed by atoms with E-state index >= 15 is 0 Å². The van der Waals surface area contributed by atoms with Gasteiger partial charge in [-0.15, -0.1) is 11.8 Å². The molecule has 0 bridgehead atoms. The van der Waals surface area contributed by atoms with E-state index in [1.807, 2.05) is 25.3 Å². The summed E-state index contributed by atoms with van der Waals surface area (Å²) in [5.74, 6) is 0.186. The average molecular weight is 343 g/mol. The maximum Gasteiger partial charge on any atom is 0.273 e. The van der Waals surface area contributed by atoms with Crippen LogP contribution in [0, 0.1) is 0 Å². The summed E-state index contributed by atoms with van der Waals surface area (Å²) in [4.78, 5) is 13.2. The Morgan fingerprint density at radius 2 is 2.09 bits per heavy atom. The Balaban J connectivity index is 2.60. The highest BCUT2D eigenvalue weighted by Crippen LogP contribution is 2.25. The van der Waals surface area contributed by atoms with E-state index in [2.05, 4.69) is 16.2 Å². The maximum atomic E-state index is 12.2. The summed E-state index contributed by atoms with van der Waals surface area (Å²) in [6.07, 6.45) is 1.96. The molecule has 1 amide bonds. The fraction of sp³-hybridized carbons (Fsp3) is 0.429. The zero-order chi connectivity index (χ0) is 16.5. The Hall–Kier alpha value is -1.51. The van der Waals surface area contributed by atoms with E-state index in [4.69, 9.17) is 21.7 Å². The summed E-state index contributed by atoms with van der Waals surface area (Å²) in [7, 11) is 3.14. The van der Waals surface area contributed by atoms with Gasteiger partial charge in [-0.25, -0.2) is 0 Å². The van der Waals surface area contributed by atoms with Crippen molar-refractivity contribution in [3.05, 3.63) is 23.8 Å². The lowest BCUT2D eigenvalue weighted by molar-refractivity contribution is 0.0940. The summed E-state index contributed by atoms with van der Waals surface area (Å²) in [5.41, 5.74) is 5.62. The first-order valence-corrected chi connectivity index (χ1v) is 8.23. The molecule has 122 valence electrons. The van der Waals surface area contributed by atoms with E-state index in [0.29, 0.717) is 23.0 Å². The number of hydrazine groups is 1. The second-order valence-corrected chi connectivity index (χ2v) is 5.76. The highest BCUT2D eigenvalue weighted by molar-refractivity contribution is 7.98. The van der Waals surface area contributed by atoms with Crippen LogP contribution in [0.15, 0.2) is 23.1 Å². The quantitative estimate of drug-likeness (QED) is 0.411. The van der Waals surface area contributed by atoms with Crippen LogP contribution < -0.4 is 20.9 Å². The molecule has 0 fully saturated rings. The lowest BCUT2D eigenvalue weighted by Gasteiger charge is -2.17. The van der Waals surface area contributed by atoms with Gasteiger partial charge in [-0.1, -0.05) is 0 Å². The van der Waals surface area contributed by atoms with Crippen molar-refractivity contribution in [3.63, 3.8) is 0 Å². The van der Waals surface area contributed by atoms with Crippen LogP contribution >= 0.6 is 24.0 Å². The third-order valence-corrected chi connectivity index (χ3v) is 3.68. The molecule has 0 unspecified atom stereocenters. The van der Waals surface area contributed by atoms with Crippen LogP contribution in [-0.4, -0.2) is 44.1 Å². The van der Waals surface area contributed by atoms with Crippen molar-refractivity contribution in [3.8, 4) is 5.75 Å². The molecule has 8 heteroatoms. The molecule has 0 spiro atoms. The minimum Gasteiger partial charge on any atom is -0.496 e. The minimum atomic E-state index is -0.326. The maximum absolute atomic E-state index is 12.2. The van der Waals surface area contributed by atoms with Crippen molar-refractivity contribution < 1.29 is 14.3 Å². The number of benzene rings is 1. The van der Waals surface area contributed by atoms with Crippen molar-refractivity contribution in [2.75, 3.05) is 27.1 Å². The van der Waals surface area contributed by atoms with Crippen LogP contribution in [0.3, 0.4) is 0 Å². The van der Waals surface area contributed by atoms with Gasteiger partial charge in [0.2, 0.25) is 0 Å². The molecular formula is C14H21N3O3S2. The first kappa shape index (κ1) is 18.5. The molecule has 0 aliphatic carbocycles. The zero-order valence-electron chi connectivity index (χ0n) is 13.1. The second-order valence-electron chi connectivity index (χ2n) is 4.48. The van der Waals surface area contributed by atoms with Gasteiger partial charge in [0, 0.05) is 18.0 Å². The molecule has 3 N–H and O–H groups in total. The fourth-order valence-corrected chi connectivity index (χ4v) is 2.40. The molecule has 0 aliphatic heterocycles. The first-order valence-electron chi connectivity index (χ1n) is 6.59. The summed E-state index contributed by atoms with van der Waals surface area (Å²) >= 11 is 6.66. The number of carbonyl (C=O) groups excluding carboxylic acids is 1. The van der Waals surface area contributed by atoms with Gasteiger partial charge in [-0.3, -0.25) is 15.6 Å². The lowest BCUT2D eigenvalue weighted by atomic mass is 10.2. The molecule has 6 nitrogen and oxygen atoms in total. The van der Waals surface area contributed by atoms with Crippen LogP contribution in [0.4, 0.5) is 0 Å². The summed E-state index contributed by atoms with van der Waals surface area (Å²) in [6.45, 7) is 2.43. The predicted molar refractivity (Wildman–Crippen MR) is 92.4 cm³/mol. The number of rotatable bonds is 6. The number of thiocarbonyl (C=S) groups is 1. The summed E-state index contributed by atoms with van der Waals surface area (Å²) in [5, 5.41) is 3.30. The van der Waals surface area contributed by atoms with Crippen LogP contribution in [0.25, 0.3) is 0 Å². The van der Waals surface area contributed by atoms with Crippen molar-refractivity contribution in [2.45, 2.75) is 17.9 Å². The van der Waals surface area contributed by atoms with Gasteiger partial charge in [0.25, 0.3) is 5.91 Å². The SMILES string of the molecule is COC[C@H](C)NC(=S)NNC(=O)c1ccc(SC)cc1OC. The third-order valence-electron chi connectivity index (χ3n) is 2.74. The topological polar surface area (TPSA) is 71.6 Å².